The molecule has 0 N–H and O–H groups in total. The first-order chi connectivity index (χ1) is 18.5. The van der Waals surface area contributed by atoms with E-state index in [-0.39, 0.29) is 16.3 Å². The standard InChI is InChI=1S/C29H49ClN4O4S/c1-22(2)21-38-25(35)19-17-15-13-11-9-7-6-8-10-12-14-16-18-20-34-24(5)31-27-26(34)28(33-29(30)32-27)39(36,37)23(3)4/h22-23H,6-21H2,1-5H3. The first-order valence-electron chi connectivity index (χ1n) is 14.8. The number of unbranched alkanes of at least 4 members (excludes halogenated alkanes) is 12. The van der Waals surface area contributed by atoms with Gasteiger partial charge in [0, 0.05) is 13.0 Å². The SMILES string of the molecule is Cc1nc2nc(Cl)nc(S(=O)(=O)C(C)C)c2n1CCCCCCCCCCCCCCCC(=O)OCC(C)C. The van der Waals surface area contributed by atoms with Crippen LogP contribution in [0.4, 0.5) is 0 Å². The zero-order valence-electron chi connectivity index (χ0n) is 24.7. The number of aryl methyl sites for hydroxylation is 2. The van der Waals surface area contributed by atoms with Crippen molar-refractivity contribution < 1.29 is 17.9 Å². The van der Waals surface area contributed by atoms with Crippen LogP contribution >= 0.6 is 11.6 Å². The van der Waals surface area contributed by atoms with Crippen molar-refractivity contribution in [2.24, 2.45) is 5.92 Å². The highest BCUT2D eigenvalue weighted by Gasteiger charge is 2.28. The Hall–Kier alpha value is -1.74. The third-order valence-corrected chi connectivity index (χ3v) is 9.20. The van der Waals surface area contributed by atoms with Crippen molar-refractivity contribution in [1.29, 1.82) is 0 Å². The van der Waals surface area contributed by atoms with Crippen LogP contribution in [0.2, 0.25) is 5.28 Å². The molecule has 0 aromatic carbocycles. The van der Waals surface area contributed by atoms with Gasteiger partial charge in [-0.15, -0.1) is 0 Å². The Labute approximate surface area is 240 Å². The van der Waals surface area contributed by atoms with E-state index in [2.05, 4.69) is 28.8 Å². The van der Waals surface area contributed by atoms with E-state index in [0.717, 1.165) is 31.5 Å². The lowest BCUT2D eigenvalue weighted by molar-refractivity contribution is -0.144. The third-order valence-electron chi connectivity index (χ3n) is 6.96. The Morgan fingerprint density at radius 1 is 0.821 bits per heavy atom. The molecule has 0 saturated carbocycles. The Morgan fingerprint density at radius 2 is 1.33 bits per heavy atom. The van der Waals surface area contributed by atoms with Crippen LogP contribution in [-0.2, 0) is 25.9 Å². The number of halogens is 1. The van der Waals surface area contributed by atoms with Crippen LogP contribution < -0.4 is 0 Å². The topological polar surface area (TPSA) is 104 Å². The number of fused-ring (bicyclic) bond motifs is 1. The number of nitrogens with zero attached hydrogens (tertiary/aromatic N) is 4. The van der Waals surface area contributed by atoms with E-state index in [1.54, 1.807) is 13.8 Å². The van der Waals surface area contributed by atoms with Crippen molar-refractivity contribution in [3.63, 3.8) is 0 Å². The van der Waals surface area contributed by atoms with E-state index >= 15 is 0 Å². The van der Waals surface area contributed by atoms with Crippen LogP contribution in [0.15, 0.2) is 5.03 Å². The largest absolute Gasteiger partial charge is 0.465 e. The first kappa shape index (κ1) is 33.5. The van der Waals surface area contributed by atoms with E-state index in [1.807, 2.05) is 11.5 Å². The van der Waals surface area contributed by atoms with Crippen LogP contribution in [0.1, 0.15) is 123 Å². The van der Waals surface area contributed by atoms with E-state index in [9.17, 15) is 13.2 Å². The molecule has 2 aromatic heterocycles. The second-order valence-electron chi connectivity index (χ2n) is 11.3. The minimum atomic E-state index is -3.61. The van der Waals surface area contributed by atoms with Gasteiger partial charge in [0.15, 0.2) is 20.5 Å². The Morgan fingerprint density at radius 3 is 1.85 bits per heavy atom. The molecule has 10 heteroatoms. The van der Waals surface area contributed by atoms with Crippen LogP contribution in [0.5, 0.6) is 0 Å². The maximum atomic E-state index is 12.9. The maximum Gasteiger partial charge on any atom is 0.305 e. The summed E-state index contributed by atoms with van der Waals surface area (Å²) in [5.74, 6) is 1.07. The normalized spacial score (nSPS) is 12.2. The maximum absolute atomic E-state index is 12.9. The van der Waals surface area contributed by atoms with Crippen molar-refractivity contribution in [2.45, 2.75) is 141 Å². The quantitative estimate of drug-likeness (QED) is 0.0681. The molecule has 0 aliphatic carbocycles. The summed E-state index contributed by atoms with van der Waals surface area (Å²) < 4.78 is 33.0. The molecule has 39 heavy (non-hydrogen) atoms. The molecule has 2 aromatic rings. The molecule has 0 amide bonds. The van der Waals surface area contributed by atoms with E-state index in [1.165, 1.54) is 57.8 Å². The van der Waals surface area contributed by atoms with Gasteiger partial charge in [0.1, 0.15) is 11.3 Å². The molecular weight excluding hydrogens is 536 g/mol. The number of sulfone groups is 1. The molecule has 0 saturated heterocycles. The number of carbonyl (C=O) groups is 1. The summed E-state index contributed by atoms with van der Waals surface area (Å²) in [7, 11) is -3.61. The van der Waals surface area contributed by atoms with Crippen molar-refractivity contribution in [1.82, 2.24) is 19.5 Å². The number of ether oxygens (including phenoxy) is 1. The summed E-state index contributed by atoms with van der Waals surface area (Å²) in [6, 6.07) is 0. The van der Waals surface area contributed by atoms with Gasteiger partial charge in [0.2, 0.25) is 5.28 Å². The zero-order chi connectivity index (χ0) is 28.8. The fraction of sp³-hybridized carbons (Fsp3) is 0.793. The molecule has 0 atom stereocenters. The molecule has 222 valence electrons. The molecule has 0 radical (unpaired) electrons. The highest BCUT2D eigenvalue weighted by Crippen LogP contribution is 2.26. The highest BCUT2D eigenvalue weighted by atomic mass is 35.5. The monoisotopic (exact) mass is 584 g/mol. The Bertz CT molecular complexity index is 1130. The van der Waals surface area contributed by atoms with Crippen LogP contribution in [0.25, 0.3) is 11.2 Å². The molecular formula is C29H49ClN4O4S. The second-order valence-corrected chi connectivity index (χ2v) is 14.1. The van der Waals surface area contributed by atoms with Crippen molar-refractivity contribution in [2.75, 3.05) is 6.61 Å². The summed E-state index contributed by atoms with van der Waals surface area (Å²) in [6.45, 7) is 10.5. The first-order valence-corrected chi connectivity index (χ1v) is 16.8. The number of hydrogen-bond donors (Lipinski definition) is 0. The van der Waals surface area contributed by atoms with E-state index in [0.29, 0.717) is 36.7 Å². The molecule has 2 heterocycles. The predicted molar refractivity (Wildman–Crippen MR) is 158 cm³/mol. The van der Waals surface area contributed by atoms with Crippen molar-refractivity contribution in [3.05, 3.63) is 11.1 Å². The van der Waals surface area contributed by atoms with Gasteiger partial charge in [0.05, 0.1) is 11.9 Å². The number of carbonyl (C=O) groups excluding carboxylic acids is 1. The van der Waals surface area contributed by atoms with Gasteiger partial charge < -0.3 is 9.30 Å². The lowest BCUT2D eigenvalue weighted by Crippen LogP contribution is -2.18. The summed E-state index contributed by atoms with van der Waals surface area (Å²) in [5, 5.41) is -0.718. The Kier molecular flexibility index (Phi) is 14.7. The van der Waals surface area contributed by atoms with Gasteiger partial charge in [-0.25, -0.2) is 18.4 Å². The fourth-order valence-corrected chi connectivity index (χ4v) is 5.94. The number of rotatable bonds is 20. The van der Waals surface area contributed by atoms with Gasteiger partial charge in [0.25, 0.3) is 0 Å². The number of aromatic nitrogens is 4. The highest BCUT2D eigenvalue weighted by molar-refractivity contribution is 7.92. The van der Waals surface area contributed by atoms with Gasteiger partial charge in [-0.2, -0.15) is 4.98 Å². The average Bonchev–Trinajstić information content (AvgIpc) is 3.18. The molecule has 0 bridgehead atoms. The molecule has 0 fully saturated rings. The Balaban J connectivity index is 1.57. The summed E-state index contributed by atoms with van der Waals surface area (Å²) >= 11 is 6.01. The average molecular weight is 585 g/mol. The molecule has 0 aliphatic heterocycles. The smallest absolute Gasteiger partial charge is 0.305 e. The lowest BCUT2D eigenvalue weighted by Gasteiger charge is -2.12. The van der Waals surface area contributed by atoms with Gasteiger partial charge >= 0.3 is 5.97 Å². The minimum Gasteiger partial charge on any atom is -0.465 e. The molecule has 0 unspecified atom stereocenters. The summed E-state index contributed by atoms with van der Waals surface area (Å²) in [6.07, 6.45) is 15.9. The van der Waals surface area contributed by atoms with Crippen LogP contribution in [0, 0.1) is 12.8 Å². The molecule has 2 rings (SSSR count). The molecule has 0 spiro atoms. The number of hydrogen-bond acceptors (Lipinski definition) is 7. The van der Waals surface area contributed by atoms with Gasteiger partial charge in [-0.1, -0.05) is 84.5 Å². The lowest BCUT2D eigenvalue weighted by atomic mass is 10.0. The molecule has 8 nitrogen and oxygen atoms in total. The third kappa shape index (κ3) is 11.3. The van der Waals surface area contributed by atoms with Crippen molar-refractivity contribution >= 4 is 38.6 Å². The second kappa shape index (κ2) is 17.2. The van der Waals surface area contributed by atoms with Crippen LogP contribution in [0.3, 0.4) is 0 Å². The van der Waals surface area contributed by atoms with E-state index < -0.39 is 15.1 Å². The number of imidazole rings is 1. The predicted octanol–water partition coefficient (Wildman–Crippen LogP) is 7.63. The fourth-order valence-electron chi connectivity index (χ4n) is 4.60. The minimum absolute atomic E-state index is 0.0186. The summed E-state index contributed by atoms with van der Waals surface area (Å²) in [5.41, 5.74) is 0.809. The van der Waals surface area contributed by atoms with E-state index in [4.69, 9.17) is 16.3 Å². The van der Waals surface area contributed by atoms with Gasteiger partial charge in [-0.3, -0.25) is 4.79 Å². The van der Waals surface area contributed by atoms with Crippen molar-refractivity contribution in [3.8, 4) is 0 Å². The number of esters is 1. The summed E-state index contributed by atoms with van der Waals surface area (Å²) in [4.78, 5) is 24.3. The van der Waals surface area contributed by atoms with Gasteiger partial charge in [-0.05, 0) is 51.1 Å². The molecule has 0 aliphatic rings. The zero-order valence-corrected chi connectivity index (χ0v) is 26.2. The van der Waals surface area contributed by atoms with Crippen LogP contribution in [-0.4, -0.2) is 45.8 Å².